The molecular formula is C19H23N5O5S. The molecule has 1 N–H and O–H groups in total. The third-order valence-corrected chi connectivity index (χ3v) is 5.43. The number of hydrogen-bond donors (Lipinski definition) is 1. The first-order valence-corrected chi connectivity index (χ1v) is 10.4. The number of nitrogens with zero attached hydrogens (tertiary/aromatic N) is 4. The first kappa shape index (κ1) is 21.8. The van der Waals surface area contributed by atoms with Gasteiger partial charge in [-0.2, -0.15) is 0 Å². The standard InChI is InChI=1S/C19H23N5O5S/c1-14-2-3-15(12-16(14)24(27)28)18(26)23(6-5-22-7-9-29-10-8-22)13-17(25)21-19-20-4-11-30-19/h2-4,11-12H,5-10,13H2,1H3,(H,20,21,25). The minimum atomic E-state index is -0.515. The van der Waals surface area contributed by atoms with Crippen LogP contribution in [0.15, 0.2) is 29.8 Å². The van der Waals surface area contributed by atoms with Crippen LogP contribution in [0.25, 0.3) is 0 Å². The van der Waals surface area contributed by atoms with Crippen LogP contribution in [0.3, 0.4) is 0 Å². The number of ether oxygens (including phenoxy) is 1. The minimum absolute atomic E-state index is 0.124. The smallest absolute Gasteiger partial charge is 0.273 e. The van der Waals surface area contributed by atoms with E-state index in [4.69, 9.17) is 4.74 Å². The fourth-order valence-electron chi connectivity index (χ4n) is 3.08. The number of benzene rings is 1. The van der Waals surface area contributed by atoms with Crippen LogP contribution in [0, 0.1) is 17.0 Å². The van der Waals surface area contributed by atoms with E-state index < -0.39 is 10.8 Å². The van der Waals surface area contributed by atoms with Gasteiger partial charge in [0, 0.05) is 54.9 Å². The lowest BCUT2D eigenvalue weighted by atomic mass is 10.1. The molecule has 1 aromatic carbocycles. The van der Waals surface area contributed by atoms with Gasteiger partial charge in [0.1, 0.15) is 6.54 Å². The third kappa shape index (κ3) is 5.81. The molecule has 0 aliphatic carbocycles. The van der Waals surface area contributed by atoms with Crippen molar-refractivity contribution >= 4 is 34.0 Å². The Hall–Kier alpha value is -2.89. The number of aromatic nitrogens is 1. The predicted molar refractivity (Wildman–Crippen MR) is 112 cm³/mol. The van der Waals surface area contributed by atoms with Crippen LogP contribution < -0.4 is 5.32 Å². The van der Waals surface area contributed by atoms with Crippen molar-refractivity contribution in [3.63, 3.8) is 0 Å². The zero-order valence-electron chi connectivity index (χ0n) is 16.6. The number of carbonyl (C=O) groups is 2. The number of thiazole rings is 1. The van der Waals surface area contributed by atoms with Gasteiger partial charge in [-0.05, 0) is 13.0 Å². The van der Waals surface area contributed by atoms with Gasteiger partial charge in [0.05, 0.1) is 18.1 Å². The molecule has 0 unspecified atom stereocenters. The van der Waals surface area contributed by atoms with Crippen molar-refractivity contribution in [3.8, 4) is 0 Å². The lowest BCUT2D eigenvalue weighted by Crippen LogP contribution is -2.45. The van der Waals surface area contributed by atoms with Crippen LogP contribution >= 0.6 is 11.3 Å². The Bertz CT molecular complexity index is 899. The minimum Gasteiger partial charge on any atom is -0.379 e. The van der Waals surface area contributed by atoms with Crippen LogP contribution in [0.5, 0.6) is 0 Å². The van der Waals surface area contributed by atoms with E-state index in [1.807, 2.05) is 0 Å². The topological polar surface area (TPSA) is 118 Å². The van der Waals surface area contributed by atoms with Gasteiger partial charge in [-0.15, -0.1) is 11.3 Å². The predicted octanol–water partition coefficient (Wildman–Crippen LogP) is 1.77. The molecule has 1 saturated heterocycles. The Morgan fingerprint density at radius 3 is 2.80 bits per heavy atom. The summed E-state index contributed by atoms with van der Waals surface area (Å²) in [6.45, 7) is 5.09. The molecule has 2 amide bonds. The van der Waals surface area contributed by atoms with Crippen LogP contribution in [0.4, 0.5) is 10.8 Å². The maximum atomic E-state index is 13.1. The lowest BCUT2D eigenvalue weighted by Gasteiger charge is -2.30. The molecule has 0 spiro atoms. The number of morpholine rings is 1. The van der Waals surface area contributed by atoms with Gasteiger partial charge in [-0.3, -0.25) is 24.6 Å². The summed E-state index contributed by atoms with van der Waals surface area (Å²) < 4.78 is 5.34. The highest BCUT2D eigenvalue weighted by Crippen LogP contribution is 2.20. The number of rotatable bonds is 8. The van der Waals surface area contributed by atoms with Crippen molar-refractivity contribution in [2.45, 2.75) is 6.92 Å². The number of anilines is 1. The van der Waals surface area contributed by atoms with Crippen molar-refractivity contribution < 1.29 is 19.2 Å². The van der Waals surface area contributed by atoms with Crippen LogP contribution in [0.1, 0.15) is 15.9 Å². The van der Waals surface area contributed by atoms with Gasteiger partial charge in [0.15, 0.2) is 5.13 Å². The van der Waals surface area contributed by atoms with Crippen LogP contribution in [-0.4, -0.2) is 77.5 Å². The second-order valence-corrected chi connectivity index (χ2v) is 7.72. The third-order valence-electron chi connectivity index (χ3n) is 4.74. The molecule has 2 heterocycles. The van der Waals surface area contributed by atoms with E-state index in [1.165, 1.54) is 22.3 Å². The molecule has 0 radical (unpaired) electrons. The highest BCUT2D eigenvalue weighted by Gasteiger charge is 2.23. The number of nitrogens with one attached hydrogen (secondary N) is 1. The number of nitro benzene ring substituents is 1. The SMILES string of the molecule is Cc1ccc(C(=O)N(CCN2CCOCC2)CC(=O)Nc2nccs2)cc1[N+](=O)[O-]. The molecule has 1 fully saturated rings. The van der Waals surface area contributed by atoms with Gasteiger partial charge in [-0.25, -0.2) is 4.98 Å². The fraction of sp³-hybridized carbons (Fsp3) is 0.421. The zero-order valence-corrected chi connectivity index (χ0v) is 17.4. The summed E-state index contributed by atoms with van der Waals surface area (Å²) in [6, 6.07) is 4.35. The average Bonchev–Trinajstić information content (AvgIpc) is 3.24. The van der Waals surface area contributed by atoms with Gasteiger partial charge in [0.25, 0.3) is 11.6 Å². The molecular weight excluding hydrogens is 410 g/mol. The van der Waals surface area contributed by atoms with E-state index in [0.29, 0.717) is 37.0 Å². The number of hydrogen-bond acceptors (Lipinski definition) is 8. The summed E-state index contributed by atoms with van der Waals surface area (Å²) in [4.78, 5) is 43.9. The summed E-state index contributed by atoms with van der Waals surface area (Å²) in [7, 11) is 0. The fourth-order valence-corrected chi connectivity index (χ4v) is 3.62. The molecule has 1 aliphatic rings. The van der Waals surface area contributed by atoms with Crippen molar-refractivity contribution in [1.29, 1.82) is 0 Å². The van der Waals surface area contributed by atoms with Crippen molar-refractivity contribution in [2.24, 2.45) is 0 Å². The molecule has 0 saturated carbocycles. The summed E-state index contributed by atoms with van der Waals surface area (Å²) in [6.07, 6.45) is 1.58. The number of aryl methyl sites for hydroxylation is 1. The molecule has 160 valence electrons. The van der Waals surface area contributed by atoms with E-state index in [0.717, 1.165) is 13.1 Å². The average molecular weight is 433 g/mol. The van der Waals surface area contributed by atoms with Crippen molar-refractivity contribution in [3.05, 3.63) is 51.0 Å². The largest absolute Gasteiger partial charge is 0.379 e. The van der Waals surface area contributed by atoms with Crippen molar-refractivity contribution in [2.75, 3.05) is 51.3 Å². The van der Waals surface area contributed by atoms with Crippen LogP contribution in [0.2, 0.25) is 0 Å². The number of carbonyl (C=O) groups excluding carboxylic acids is 2. The van der Waals surface area contributed by atoms with Gasteiger partial charge >= 0.3 is 0 Å². The molecule has 30 heavy (non-hydrogen) atoms. The van der Waals surface area contributed by atoms with E-state index >= 15 is 0 Å². The Labute approximate surface area is 177 Å². The Kier molecular flexibility index (Phi) is 7.44. The first-order valence-electron chi connectivity index (χ1n) is 9.48. The number of nitro groups is 1. The summed E-state index contributed by atoms with van der Waals surface area (Å²) in [5, 5.41) is 16.1. The highest BCUT2D eigenvalue weighted by molar-refractivity contribution is 7.13. The van der Waals surface area contributed by atoms with E-state index in [1.54, 1.807) is 30.6 Å². The van der Waals surface area contributed by atoms with E-state index in [9.17, 15) is 19.7 Å². The van der Waals surface area contributed by atoms with E-state index in [-0.39, 0.29) is 23.7 Å². The zero-order chi connectivity index (χ0) is 21.5. The summed E-state index contributed by atoms with van der Waals surface area (Å²) in [5.41, 5.74) is 0.524. The quantitative estimate of drug-likeness (QED) is 0.498. The van der Waals surface area contributed by atoms with Gasteiger partial charge in [-0.1, -0.05) is 6.07 Å². The van der Waals surface area contributed by atoms with Crippen molar-refractivity contribution in [1.82, 2.24) is 14.8 Å². The molecule has 3 rings (SSSR count). The van der Waals surface area contributed by atoms with Gasteiger partial charge < -0.3 is 15.0 Å². The molecule has 10 nitrogen and oxygen atoms in total. The molecule has 0 bridgehead atoms. The maximum Gasteiger partial charge on any atom is 0.273 e. The van der Waals surface area contributed by atoms with Crippen LogP contribution in [-0.2, 0) is 9.53 Å². The number of amides is 2. The maximum absolute atomic E-state index is 13.1. The lowest BCUT2D eigenvalue weighted by molar-refractivity contribution is -0.385. The Morgan fingerprint density at radius 1 is 1.37 bits per heavy atom. The first-order chi connectivity index (χ1) is 14.4. The molecule has 0 atom stereocenters. The molecule has 1 aliphatic heterocycles. The normalized spacial score (nSPS) is 14.3. The second-order valence-electron chi connectivity index (χ2n) is 6.82. The Balaban J connectivity index is 1.74. The monoisotopic (exact) mass is 433 g/mol. The molecule has 2 aromatic rings. The Morgan fingerprint density at radius 2 is 2.13 bits per heavy atom. The summed E-state index contributed by atoms with van der Waals surface area (Å²) in [5.74, 6) is -0.803. The highest BCUT2D eigenvalue weighted by atomic mass is 32.1. The van der Waals surface area contributed by atoms with Gasteiger partial charge in [0.2, 0.25) is 5.91 Å². The van der Waals surface area contributed by atoms with E-state index in [2.05, 4.69) is 15.2 Å². The molecule has 11 heteroatoms. The second kappa shape index (κ2) is 10.2. The summed E-state index contributed by atoms with van der Waals surface area (Å²) >= 11 is 1.28. The molecule has 1 aromatic heterocycles.